The maximum absolute atomic E-state index is 14.5. The van der Waals surface area contributed by atoms with Crippen LogP contribution in [0.5, 0.6) is 5.75 Å². The zero-order chi connectivity index (χ0) is 24.9. The average Bonchev–Trinajstić information content (AvgIpc) is 3.34. The molecule has 2 aromatic heterocycles. The van der Waals surface area contributed by atoms with E-state index in [0.29, 0.717) is 22.5 Å². The molecule has 3 aromatic rings. The molecule has 0 unspecified atom stereocenters. The highest BCUT2D eigenvalue weighted by Crippen LogP contribution is 2.38. The van der Waals surface area contributed by atoms with E-state index in [-0.39, 0.29) is 43.3 Å². The molecule has 11 heteroatoms. The maximum Gasteiger partial charge on any atom is 0.261 e. The molecule has 35 heavy (non-hydrogen) atoms. The van der Waals surface area contributed by atoms with Crippen molar-refractivity contribution in [3.05, 3.63) is 53.5 Å². The second-order valence-electron chi connectivity index (χ2n) is 9.52. The summed E-state index contributed by atoms with van der Waals surface area (Å²) in [5.41, 5.74) is 0.214. The molecule has 1 fully saturated rings. The molecule has 1 saturated carbocycles. The number of amides is 2. The fraction of sp³-hybridized carbons (Fsp3) is 0.417. The van der Waals surface area contributed by atoms with Crippen LogP contribution in [-0.2, 0) is 6.54 Å². The Hall–Kier alpha value is -3.60. The first-order valence-corrected chi connectivity index (χ1v) is 11.3. The third kappa shape index (κ3) is 4.43. The van der Waals surface area contributed by atoms with E-state index < -0.39 is 29.8 Å². The highest BCUT2D eigenvalue weighted by molar-refractivity contribution is 6.09. The third-order valence-corrected chi connectivity index (χ3v) is 6.33. The lowest BCUT2D eigenvalue weighted by molar-refractivity contribution is -0.0159. The van der Waals surface area contributed by atoms with Crippen LogP contribution in [0.2, 0.25) is 0 Å². The molecule has 5 rings (SSSR count). The number of fused-ring (bicyclic) bond motifs is 2. The molecule has 0 bridgehead atoms. The summed E-state index contributed by atoms with van der Waals surface area (Å²) in [6.07, 6.45) is 2.08. The van der Waals surface area contributed by atoms with Gasteiger partial charge in [0.25, 0.3) is 11.8 Å². The van der Waals surface area contributed by atoms with Crippen molar-refractivity contribution in [3.63, 3.8) is 0 Å². The van der Waals surface area contributed by atoms with Crippen LogP contribution in [0.4, 0.5) is 14.5 Å². The minimum Gasteiger partial charge on any atom is -0.488 e. The van der Waals surface area contributed by atoms with E-state index in [0.717, 1.165) is 0 Å². The standard InChI is InChI=1S/C24H25F2N5O4/c1-24(2,34)20(26)12-30-11-13-6-18(19(9-16(13)23(30)33)35-15-7-14(25)8-15)29-22(32)17-10-28-31-5-3-4-27-21(17)31/h3-6,9-10,14-15,20,34H,7-8,11-12H2,1-2H3,(H,29,32)/t14?,15?,20-/m1/s1. The number of ether oxygens (including phenoxy) is 1. The van der Waals surface area contributed by atoms with Gasteiger partial charge in [0.15, 0.2) is 5.65 Å². The number of nitrogens with one attached hydrogen (secondary N) is 1. The minimum atomic E-state index is -1.64. The Balaban J connectivity index is 1.44. The first-order chi connectivity index (χ1) is 16.6. The molecule has 0 radical (unpaired) electrons. The van der Waals surface area contributed by atoms with Crippen molar-refractivity contribution in [1.29, 1.82) is 0 Å². The fourth-order valence-electron chi connectivity index (χ4n) is 4.12. The zero-order valence-corrected chi connectivity index (χ0v) is 19.2. The topological polar surface area (TPSA) is 109 Å². The largest absolute Gasteiger partial charge is 0.488 e. The van der Waals surface area contributed by atoms with Gasteiger partial charge in [0.05, 0.1) is 24.0 Å². The van der Waals surface area contributed by atoms with E-state index in [1.807, 2.05) is 0 Å². The first kappa shape index (κ1) is 23.2. The highest BCUT2D eigenvalue weighted by atomic mass is 19.1. The molecule has 3 heterocycles. The van der Waals surface area contributed by atoms with E-state index in [1.54, 1.807) is 24.5 Å². The summed E-state index contributed by atoms with van der Waals surface area (Å²) in [7, 11) is 0. The zero-order valence-electron chi connectivity index (χ0n) is 19.2. The van der Waals surface area contributed by atoms with Crippen molar-refractivity contribution in [2.24, 2.45) is 0 Å². The predicted molar refractivity (Wildman–Crippen MR) is 122 cm³/mol. The lowest BCUT2D eigenvalue weighted by atomic mass is 9.93. The van der Waals surface area contributed by atoms with E-state index in [4.69, 9.17) is 4.74 Å². The van der Waals surface area contributed by atoms with Gasteiger partial charge >= 0.3 is 0 Å². The summed E-state index contributed by atoms with van der Waals surface area (Å²) in [5.74, 6) is -0.654. The lowest BCUT2D eigenvalue weighted by Gasteiger charge is -2.31. The molecular formula is C24H25F2N5O4. The van der Waals surface area contributed by atoms with Crippen LogP contribution in [0, 0.1) is 0 Å². The second-order valence-corrected chi connectivity index (χ2v) is 9.52. The van der Waals surface area contributed by atoms with E-state index in [2.05, 4.69) is 15.4 Å². The number of hydrogen-bond acceptors (Lipinski definition) is 6. The third-order valence-electron chi connectivity index (χ3n) is 6.33. The van der Waals surface area contributed by atoms with Gasteiger partial charge in [-0.05, 0) is 37.6 Å². The molecule has 0 saturated heterocycles. The first-order valence-electron chi connectivity index (χ1n) is 11.3. The summed E-state index contributed by atoms with van der Waals surface area (Å²) in [4.78, 5) is 31.5. The fourth-order valence-corrected chi connectivity index (χ4v) is 4.12. The SMILES string of the molecule is CC(C)(O)[C@H](F)CN1Cc2cc(NC(=O)c3cnn4cccnc34)c(OC3CC(F)C3)cc2C1=O. The number of hydrogen-bond donors (Lipinski definition) is 2. The monoisotopic (exact) mass is 485 g/mol. The van der Waals surface area contributed by atoms with Gasteiger partial charge in [-0.2, -0.15) is 5.10 Å². The molecule has 1 atom stereocenters. The van der Waals surface area contributed by atoms with Gasteiger partial charge in [-0.1, -0.05) is 0 Å². The summed E-state index contributed by atoms with van der Waals surface area (Å²) >= 11 is 0. The summed E-state index contributed by atoms with van der Waals surface area (Å²) < 4.78 is 35.2. The van der Waals surface area contributed by atoms with Gasteiger partial charge < -0.3 is 20.1 Å². The van der Waals surface area contributed by atoms with Gasteiger partial charge in [-0.25, -0.2) is 18.3 Å². The van der Waals surface area contributed by atoms with Gasteiger partial charge in [-0.3, -0.25) is 9.59 Å². The predicted octanol–water partition coefficient (Wildman–Crippen LogP) is 2.93. The number of halogens is 2. The Morgan fingerprint density at radius 3 is 2.86 bits per heavy atom. The lowest BCUT2D eigenvalue weighted by Crippen LogP contribution is -2.42. The summed E-state index contributed by atoms with van der Waals surface area (Å²) in [6.45, 7) is 2.52. The normalized spacial score (nSPS) is 20.5. The van der Waals surface area contributed by atoms with Crippen molar-refractivity contribution in [1.82, 2.24) is 19.5 Å². The van der Waals surface area contributed by atoms with Gasteiger partial charge in [0.2, 0.25) is 0 Å². The number of anilines is 1. The van der Waals surface area contributed by atoms with Gasteiger partial charge in [0, 0.05) is 37.3 Å². The van der Waals surface area contributed by atoms with Crippen LogP contribution in [0.3, 0.4) is 0 Å². The van der Waals surface area contributed by atoms with Crippen molar-refractivity contribution in [2.45, 2.75) is 57.3 Å². The number of nitrogens with zero attached hydrogens (tertiary/aromatic N) is 4. The van der Waals surface area contributed by atoms with E-state index in [9.17, 15) is 23.5 Å². The molecule has 2 amide bonds. The van der Waals surface area contributed by atoms with Crippen LogP contribution in [0.25, 0.3) is 5.65 Å². The molecule has 1 aliphatic heterocycles. The van der Waals surface area contributed by atoms with Crippen LogP contribution in [0.1, 0.15) is 53.0 Å². The molecule has 184 valence electrons. The van der Waals surface area contributed by atoms with Crippen molar-refractivity contribution in [3.8, 4) is 5.75 Å². The summed E-state index contributed by atoms with van der Waals surface area (Å²) in [6, 6.07) is 4.81. The van der Waals surface area contributed by atoms with Crippen LogP contribution >= 0.6 is 0 Å². The van der Waals surface area contributed by atoms with Gasteiger partial charge in [0.1, 0.15) is 29.8 Å². The Morgan fingerprint density at radius 1 is 1.37 bits per heavy atom. The molecule has 0 spiro atoms. The number of carbonyl (C=O) groups is 2. The van der Waals surface area contributed by atoms with Crippen molar-refractivity contribution < 1.29 is 28.2 Å². The molecule has 9 nitrogen and oxygen atoms in total. The van der Waals surface area contributed by atoms with E-state index in [1.165, 1.54) is 35.5 Å². The van der Waals surface area contributed by atoms with E-state index >= 15 is 0 Å². The smallest absolute Gasteiger partial charge is 0.261 e. The number of aromatic nitrogens is 3. The Morgan fingerprint density at radius 2 is 2.14 bits per heavy atom. The quantitative estimate of drug-likeness (QED) is 0.533. The molecule has 2 aliphatic rings. The molecule has 1 aromatic carbocycles. The number of rotatable bonds is 7. The number of carbonyl (C=O) groups excluding carboxylic acids is 2. The van der Waals surface area contributed by atoms with Crippen molar-refractivity contribution >= 4 is 23.1 Å². The molecule has 2 N–H and O–H groups in total. The Kier molecular flexibility index (Phi) is 5.66. The van der Waals surface area contributed by atoms with Crippen LogP contribution in [-0.4, -0.2) is 67.0 Å². The molecular weight excluding hydrogens is 460 g/mol. The highest BCUT2D eigenvalue weighted by Gasteiger charge is 2.36. The van der Waals surface area contributed by atoms with Crippen molar-refractivity contribution in [2.75, 3.05) is 11.9 Å². The minimum absolute atomic E-state index is 0.113. The van der Waals surface area contributed by atoms with Gasteiger partial charge in [-0.15, -0.1) is 0 Å². The Labute approximate surface area is 199 Å². The van der Waals surface area contributed by atoms with Crippen LogP contribution < -0.4 is 10.1 Å². The number of aliphatic hydroxyl groups is 1. The number of benzene rings is 1. The molecule has 1 aliphatic carbocycles. The average molecular weight is 485 g/mol. The maximum atomic E-state index is 14.5. The number of alkyl halides is 2. The van der Waals surface area contributed by atoms with Crippen LogP contribution in [0.15, 0.2) is 36.8 Å². The Bertz CT molecular complexity index is 1300. The second kappa shape index (κ2) is 8.56. The summed E-state index contributed by atoms with van der Waals surface area (Å²) in [5, 5.41) is 16.9.